The summed E-state index contributed by atoms with van der Waals surface area (Å²) in [5.41, 5.74) is -6.11. The first kappa shape index (κ1) is 18.7. The second-order valence-electron chi connectivity index (χ2n) is 5.46. The van der Waals surface area contributed by atoms with Gasteiger partial charge in [0.05, 0.1) is 5.56 Å². The first-order chi connectivity index (χ1) is 11.2. The van der Waals surface area contributed by atoms with E-state index in [1.165, 1.54) is 6.07 Å². The number of hydrogen-bond acceptors (Lipinski definition) is 5. The summed E-state index contributed by atoms with van der Waals surface area (Å²) in [7, 11) is -5.68. The lowest BCUT2D eigenvalue weighted by Crippen LogP contribution is -2.38. The molecule has 10 heteroatoms. The minimum absolute atomic E-state index is 0.221. The number of aromatic nitrogens is 1. The van der Waals surface area contributed by atoms with Gasteiger partial charge in [-0.2, -0.15) is 13.2 Å². The number of nitrogens with one attached hydrogen (secondary N) is 1. The summed E-state index contributed by atoms with van der Waals surface area (Å²) in [6, 6.07) is 2.23. The fourth-order valence-corrected chi connectivity index (χ4v) is 3.36. The Bertz CT molecular complexity index is 686. The monoisotopic (exact) mass is 365 g/mol. The highest BCUT2D eigenvalue weighted by molar-refractivity contribution is 7.92. The second-order valence-corrected chi connectivity index (χ2v) is 7.32. The molecule has 0 bridgehead atoms. The maximum atomic E-state index is 12.7. The summed E-state index contributed by atoms with van der Waals surface area (Å²) in [6.45, 7) is 2.61. The molecule has 0 atom stereocenters. The van der Waals surface area contributed by atoms with Gasteiger partial charge in [0.1, 0.15) is 0 Å². The highest BCUT2D eigenvalue weighted by Gasteiger charge is 2.49. The number of piperidine rings is 1. The summed E-state index contributed by atoms with van der Waals surface area (Å²) in [4.78, 5) is 17.5. The lowest BCUT2D eigenvalue weighted by molar-refractivity contribution is -0.0438. The number of nitrogens with zero attached hydrogens (tertiary/aromatic N) is 2. The minimum Gasteiger partial charge on any atom is -0.351 e. The summed E-state index contributed by atoms with van der Waals surface area (Å²) < 4.78 is 61.1. The zero-order chi connectivity index (χ0) is 17.8. The van der Waals surface area contributed by atoms with Gasteiger partial charge < -0.3 is 10.2 Å². The van der Waals surface area contributed by atoms with Gasteiger partial charge in [0, 0.05) is 19.3 Å². The van der Waals surface area contributed by atoms with Crippen molar-refractivity contribution in [2.45, 2.75) is 29.8 Å². The number of carbonyl (C=O) groups is 1. The summed E-state index contributed by atoms with van der Waals surface area (Å²) in [5.74, 6) is -0.886. The molecule has 0 aliphatic carbocycles. The molecule has 1 N–H and O–H groups in total. The quantitative estimate of drug-likeness (QED) is 0.857. The number of carbonyl (C=O) groups excluding carboxylic acids is 1. The molecule has 134 valence electrons. The average molecular weight is 365 g/mol. The molecule has 24 heavy (non-hydrogen) atoms. The van der Waals surface area contributed by atoms with Crippen LogP contribution in [0.5, 0.6) is 0 Å². The number of halogens is 3. The van der Waals surface area contributed by atoms with E-state index >= 15 is 0 Å². The zero-order valence-corrected chi connectivity index (χ0v) is 13.7. The van der Waals surface area contributed by atoms with Gasteiger partial charge in [-0.05, 0) is 38.1 Å². The number of likely N-dealkylation sites (tertiary alicyclic amines) is 1. The van der Waals surface area contributed by atoms with Crippen LogP contribution in [0.15, 0.2) is 23.4 Å². The highest BCUT2D eigenvalue weighted by atomic mass is 32.2. The zero-order valence-electron chi connectivity index (χ0n) is 12.8. The van der Waals surface area contributed by atoms with Crippen LogP contribution in [-0.4, -0.2) is 55.9 Å². The van der Waals surface area contributed by atoms with Crippen LogP contribution in [0.4, 0.5) is 13.2 Å². The van der Waals surface area contributed by atoms with Crippen molar-refractivity contribution in [2.75, 3.05) is 26.2 Å². The topological polar surface area (TPSA) is 79.4 Å². The molecule has 1 amide bonds. The Morgan fingerprint density at radius 3 is 2.54 bits per heavy atom. The molecule has 1 aliphatic rings. The van der Waals surface area contributed by atoms with Gasteiger partial charge in [-0.1, -0.05) is 6.42 Å². The molecule has 1 fully saturated rings. The van der Waals surface area contributed by atoms with Crippen molar-refractivity contribution in [1.82, 2.24) is 15.2 Å². The minimum atomic E-state index is -5.68. The molecule has 1 aliphatic heterocycles. The van der Waals surface area contributed by atoms with Gasteiger partial charge >= 0.3 is 5.51 Å². The van der Waals surface area contributed by atoms with Gasteiger partial charge in [0.2, 0.25) is 0 Å². The maximum Gasteiger partial charge on any atom is 0.503 e. The molecule has 0 spiro atoms. The van der Waals surface area contributed by atoms with Crippen LogP contribution in [-0.2, 0) is 9.84 Å². The fraction of sp³-hybridized carbons (Fsp3) is 0.571. The van der Waals surface area contributed by atoms with Crippen LogP contribution < -0.4 is 5.32 Å². The van der Waals surface area contributed by atoms with Crippen molar-refractivity contribution in [3.63, 3.8) is 0 Å². The van der Waals surface area contributed by atoms with E-state index < -0.39 is 31.8 Å². The predicted octanol–water partition coefficient (Wildman–Crippen LogP) is 1.59. The lowest BCUT2D eigenvalue weighted by Gasteiger charge is -2.26. The van der Waals surface area contributed by atoms with E-state index in [2.05, 4.69) is 15.2 Å². The SMILES string of the molecule is O=C(NCCN1CCCCC1)c1cccnc1S(=O)(=O)C(F)(F)F. The molecule has 0 aromatic carbocycles. The lowest BCUT2D eigenvalue weighted by atomic mass is 10.1. The van der Waals surface area contributed by atoms with E-state index in [-0.39, 0.29) is 6.54 Å². The molecule has 1 aromatic heterocycles. The molecule has 2 rings (SSSR count). The van der Waals surface area contributed by atoms with Crippen LogP contribution in [0.1, 0.15) is 29.6 Å². The van der Waals surface area contributed by atoms with E-state index in [0.29, 0.717) is 6.54 Å². The van der Waals surface area contributed by atoms with Gasteiger partial charge in [-0.3, -0.25) is 4.79 Å². The summed E-state index contributed by atoms with van der Waals surface area (Å²) in [5, 5.41) is 1.19. The van der Waals surface area contributed by atoms with E-state index in [9.17, 15) is 26.4 Å². The van der Waals surface area contributed by atoms with Crippen molar-refractivity contribution < 1.29 is 26.4 Å². The molecular formula is C14H18F3N3O3S. The molecule has 1 saturated heterocycles. The fourth-order valence-electron chi connectivity index (χ4n) is 2.49. The molecule has 2 heterocycles. The molecule has 0 unspecified atom stereocenters. The second kappa shape index (κ2) is 7.47. The smallest absolute Gasteiger partial charge is 0.351 e. The number of hydrogen-bond donors (Lipinski definition) is 1. The van der Waals surface area contributed by atoms with E-state index in [4.69, 9.17) is 0 Å². The van der Waals surface area contributed by atoms with Crippen molar-refractivity contribution in [2.24, 2.45) is 0 Å². The standard InChI is InChI=1S/C14H18F3N3O3S/c15-14(16,17)24(22,23)13-11(5-4-6-19-13)12(21)18-7-10-20-8-2-1-3-9-20/h4-6H,1-3,7-10H2,(H,18,21). The number of pyridine rings is 1. The average Bonchev–Trinajstić information content (AvgIpc) is 2.54. The van der Waals surface area contributed by atoms with Crippen LogP contribution in [0.25, 0.3) is 0 Å². The van der Waals surface area contributed by atoms with Crippen molar-refractivity contribution in [3.05, 3.63) is 23.9 Å². The van der Waals surface area contributed by atoms with E-state index in [1.807, 2.05) is 0 Å². The Balaban J connectivity index is 2.07. The van der Waals surface area contributed by atoms with Gasteiger partial charge in [-0.25, -0.2) is 13.4 Å². The van der Waals surface area contributed by atoms with Gasteiger partial charge in [-0.15, -0.1) is 0 Å². The number of sulfone groups is 1. The Morgan fingerprint density at radius 1 is 1.25 bits per heavy atom. The molecular weight excluding hydrogens is 347 g/mol. The number of alkyl halides is 3. The summed E-state index contributed by atoms with van der Waals surface area (Å²) >= 11 is 0. The highest BCUT2D eigenvalue weighted by Crippen LogP contribution is 2.30. The predicted molar refractivity (Wildman–Crippen MR) is 80.1 cm³/mol. The Labute approximate surface area is 138 Å². The normalized spacial score (nSPS) is 16.8. The first-order valence-electron chi connectivity index (χ1n) is 7.50. The van der Waals surface area contributed by atoms with E-state index in [1.54, 1.807) is 0 Å². The molecule has 1 aromatic rings. The molecule has 6 nitrogen and oxygen atoms in total. The maximum absolute atomic E-state index is 12.7. The molecule has 0 radical (unpaired) electrons. The number of rotatable bonds is 5. The first-order valence-corrected chi connectivity index (χ1v) is 8.99. The third-order valence-corrected chi connectivity index (χ3v) is 5.18. The Hall–Kier alpha value is -1.68. The number of amides is 1. The van der Waals surface area contributed by atoms with Crippen LogP contribution in [0.3, 0.4) is 0 Å². The third kappa shape index (κ3) is 4.23. The van der Waals surface area contributed by atoms with Crippen LogP contribution >= 0.6 is 0 Å². The van der Waals surface area contributed by atoms with Crippen LogP contribution in [0.2, 0.25) is 0 Å². The van der Waals surface area contributed by atoms with Crippen molar-refractivity contribution in [1.29, 1.82) is 0 Å². The Morgan fingerprint density at radius 2 is 1.92 bits per heavy atom. The molecule has 0 saturated carbocycles. The van der Waals surface area contributed by atoms with E-state index in [0.717, 1.165) is 44.6 Å². The summed E-state index contributed by atoms with van der Waals surface area (Å²) in [6.07, 6.45) is 4.22. The largest absolute Gasteiger partial charge is 0.503 e. The van der Waals surface area contributed by atoms with Crippen molar-refractivity contribution in [3.8, 4) is 0 Å². The van der Waals surface area contributed by atoms with Crippen LogP contribution in [0, 0.1) is 0 Å². The third-order valence-electron chi connectivity index (χ3n) is 3.74. The Kier molecular flexibility index (Phi) is 5.81. The van der Waals surface area contributed by atoms with Gasteiger partial charge in [0.15, 0.2) is 5.03 Å². The van der Waals surface area contributed by atoms with Crippen molar-refractivity contribution >= 4 is 15.7 Å². The van der Waals surface area contributed by atoms with Gasteiger partial charge in [0.25, 0.3) is 15.7 Å².